The van der Waals surface area contributed by atoms with Crippen LogP contribution in [0, 0.1) is 17.7 Å². The van der Waals surface area contributed by atoms with Crippen LogP contribution in [-0.2, 0) is 15.1 Å². The van der Waals surface area contributed by atoms with Gasteiger partial charge in [0.25, 0.3) is 0 Å². The summed E-state index contributed by atoms with van der Waals surface area (Å²) in [5, 5.41) is 11.1. The van der Waals surface area contributed by atoms with Crippen molar-refractivity contribution in [1.82, 2.24) is 0 Å². The van der Waals surface area contributed by atoms with Crippen molar-refractivity contribution in [2.24, 2.45) is 11.8 Å². The summed E-state index contributed by atoms with van der Waals surface area (Å²) in [6, 6.07) is 12.5. The predicted octanol–water partition coefficient (Wildman–Crippen LogP) is 5.46. The largest absolute Gasteiger partial charge is 0.497 e. The van der Waals surface area contributed by atoms with Gasteiger partial charge in [0.1, 0.15) is 17.3 Å². The number of hydrogen-bond donors (Lipinski definition) is 1. The summed E-state index contributed by atoms with van der Waals surface area (Å²) in [5.41, 5.74) is 0.248. The van der Waals surface area contributed by atoms with Crippen molar-refractivity contribution in [1.29, 1.82) is 0 Å². The molecule has 0 saturated heterocycles. The molecule has 0 unspecified atom stereocenters. The Morgan fingerprint density at radius 1 is 1.09 bits per heavy atom. The molecule has 186 valence electrons. The van der Waals surface area contributed by atoms with Gasteiger partial charge in [0.2, 0.25) is 0 Å². The van der Waals surface area contributed by atoms with Gasteiger partial charge < -0.3 is 19.3 Å². The van der Waals surface area contributed by atoms with Crippen molar-refractivity contribution in [3.05, 3.63) is 59.4 Å². The monoisotopic (exact) mass is 490 g/mol. The molecule has 0 bridgehead atoms. The first kappa shape index (κ1) is 26.4. The molecule has 2 aromatic carbocycles. The van der Waals surface area contributed by atoms with Crippen LogP contribution in [0.4, 0.5) is 4.39 Å². The third-order valence-corrected chi connectivity index (χ3v) is 7.18. The Kier molecular flexibility index (Phi) is 8.88. The van der Waals surface area contributed by atoms with Crippen LogP contribution in [0.2, 0.25) is 0 Å². The molecule has 5 nitrogen and oxygen atoms in total. The van der Waals surface area contributed by atoms with Gasteiger partial charge >= 0.3 is 5.97 Å². The van der Waals surface area contributed by atoms with Crippen LogP contribution in [0.15, 0.2) is 42.5 Å². The van der Waals surface area contributed by atoms with Crippen LogP contribution in [0.3, 0.4) is 0 Å². The third-order valence-electron chi connectivity index (χ3n) is 7.18. The first-order chi connectivity index (χ1) is 15.9. The number of ether oxygens (including phenoxy) is 3. The van der Waals surface area contributed by atoms with E-state index >= 15 is 0 Å². The van der Waals surface area contributed by atoms with Gasteiger partial charge in [-0.1, -0.05) is 12.1 Å². The van der Waals surface area contributed by atoms with Crippen molar-refractivity contribution in [3.8, 4) is 11.5 Å². The maximum Gasteiger partial charge on any atom is 0.306 e. The van der Waals surface area contributed by atoms with Gasteiger partial charge in [-0.05, 0) is 92.2 Å². The fraction of sp³-hybridized carbons (Fsp3) is 0.519. The second kappa shape index (κ2) is 11.5. The minimum absolute atomic E-state index is 0. The standard InChI is InChI=1S/C27H33FO5.H2S/c1-31-21-8-9-25(28)24(15-21)27(30)12-10-18(11-13-27)17-33-22-5-3-4-20(14-22)23(19-6-7-19)16-26(29)32-2;/h3-5,8-9,14-15,18-19,23,30H,6-7,10-13,16-17H2,1-2H3;1H2/t18?,23-,27?;/m0./s1. The summed E-state index contributed by atoms with van der Waals surface area (Å²) in [7, 11) is 2.96. The second-order valence-electron chi connectivity index (χ2n) is 9.43. The summed E-state index contributed by atoms with van der Waals surface area (Å²) in [5.74, 6) is 1.75. The maximum atomic E-state index is 14.4. The van der Waals surface area contributed by atoms with Gasteiger partial charge in [0, 0.05) is 5.56 Å². The molecule has 7 heteroatoms. The Morgan fingerprint density at radius 3 is 2.47 bits per heavy atom. The van der Waals surface area contributed by atoms with E-state index in [9.17, 15) is 14.3 Å². The molecule has 0 spiro atoms. The topological polar surface area (TPSA) is 65.0 Å². The van der Waals surface area contributed by atoms with Crippen molar-refractivity contribution in [2.45, 2.75) is 56.5 Å². The Labute approximate surface area is 208 Å². The van der Waals surface area contributed by atoms with Gasteiger partial charge in [-0.25, -0.2) is 4.39 Å². The molecule has 4 rings (SSSR count). The average molecular weight is 491 g/mol. The zero-order valence-electron chi connectivity index (χ0n) is 19.9. The van der Waals surface area contributed by atoms with Crippen LogP contribution < -0.4 is 9.47 Å². The molecular weight excluding hydrogens is 455 g/mol. The summed E-state index contributed by atoms with van der Waals surface area (Å²) >= 11 is 0. The van der Waals surface area contributed by atoms with E-state index in [1.54, 1.807) is 12.1 Å². The van der Waals surface area contributed by atoms with Gasteiger partial charge in [-0.15, -0.1) is 0 Å². The van der Waals surface area contributed by atoms with Gasteiger partial charge in [0.05, 0.1) is 32.8 Å². The summed E-state index contributed by atoms with van der Waals surface area (Å²) < 4.78 is 30.6. The number of esters is 1. The van der Waals surface area contributed by atoms with Crippen molar-refractivity contribution in [3.63, 3.8) is 0 Å². The Morgan fingerprint density at radius 2 is 1.82 bits per heavy atom. The lowest BCUT2D eigenvalue weighted by molar-refractivity contribution is -0.141. The molecule has 34 heavy (non-hydrogen) atoms. The quantitative estimate of drug-likeness (QED) is 0.473. The number of aliphatic hydroxyl groups is 1. The summed E-state index contributed by atoms with van der Waals surface area (Å²) in [4.78, 5) is 11.9. The smallest absolute Gasteiger partial charge is 0.306 e. The van der Waals surface area contributed by atoms with Crippen molar-refractivity contribution < 1.29 is 28.5 Å². The lowest BCUT2D eigenvalue weighted by Gasteiger charge is -2.36. The third kappa shape index (κ3) is 6.25. The van der Waals surface area contributed by atoms with Crippen LogP contribution in [0.5, 0.6) is 11.5 Å². The number of hydrogen-bond acceptors (Lipinski definition) is 5. The molecule has 2 aliphatic carbocycles. The first-order valence-electron chi connectivity index (χ1n) is 11.8. The average Bonchev–Trinajstić information content (AvgIpc) is 3.68. The Hall–Kier alpha value is -2.25. The van der Waals surface area contributed by atoms with E-state index < -0.39 is 11.4 Å². The highest BCUT2D eigenvalue weighted by atomic mass is 32.1. The molecule has 0 aliphatic heterocycles. The van der Waals surface area contributed by atoms with E-state index in [0.29, 0.717) is 43.1 Å². The maximum absolute atomic E-state index is 14.4. The van der Waals surface area contributed by atoms with Crippen LogP contribution in [-0.4, -0.2) is 31.9 Å². The molecule has 0 amide bonds. The van der Waals surface area contributed by atoms with Gasteiger partial charge in [0.15, 0.2) is 0 Å². The molecule has 1 atom stereocenters. The fourth-order valence-corrected chi connectivity index (χ4v) is 4.95. The van der Waals surface area contributed by atoms with E-state index in [-0.39, 0.29) is 31.3 Å². The fourth-order valence-electron chi connectivity index (χ4n) is 4.95. The normalized spacial score (nSPS) is 22.9. The highest BCUT2D eigenvalue weighted by molar-refractivity contribution is 7.59. The molecule has 1 N–H and O–H groups in total. The molecule has 2 fully saturated rings. The number of halogens is 1. The molecule has 2 saturated carbocycles. The molecule has 0 radical (unpaired) electrons. The van der Waals surface area contributed by atoms with Crippen molar-refractivity contribution >= 4 is 19.5 Å². The zero-order valence-corrected chi connectivity index (χ0v) is 20.9. The Balaban J connectivity index is 0.00000324. The lowest BCUT2D eigenvalue weighted by Crippen LogP contribution is -2.34. The molecular formula is C27H35FO5S. The predicted molar refractivity (Wildman–Crippen MR) is 133 cm³/mol. The second-order valence-corrected chi connectivity index (χ2v) is 9.43. The van der Waals surface area contributed by atoms with Gasteiger partial charge in [-0.3, -0.25) is 4.79 Å². The van der Waals surface area contributed by atoms with E-state index in [2.05, 4.69) is 6.07 Å². The van der Waals surface area contributed by atoms with Gasteiger partial charge in [-0.2, -0.15) is 13.5 Å². The Bertz CT molecular complexity index is 969. The van der Waals surface area contributed by atoms with E-state index in [1.165, 1.54) is 20.3 Å². The highest BCUT2D eigenvalue weighted by Crippen LogP contribution is 2.45. The first-order valence-corrected chi connectivity index (χ1v) is 11.8. The van der Waals surface area contributed by atoms with E-state index in [1.807, 2.05) is 18.2 Å². The SMILES string of the molecule is COC(=O)C[C@H](c1cccc(OCC2CCC(O)(c3cc(OC)ccc3F)CC2)c1)C1CC1.S. The number of rotatable bonds is 9. The number of carbonyl (C=O) groups excluding carboxylic acids is 1. The summed E-state index contributed by atoms with van der Waals surface area (Å²) in [6.07, 6.45) is 5.14. The number of carbonyl (C=O) groups is 1. The minimum atomic E-state index is -1.18. The molecule has 0 aromatic heterocycles. The molecule has 2 aromatic rings. The van der Waals surface area contributed by atoms with E-state index in [4.69, 9.17) is 14.2 Å². The summed E-state index contributed by atoms with van der Waals surface area (Å²) in [6.45, 7) is 0.547. The molecule has 2 aliphatic rings. The number of benzene rings is 2. The van der Waals surface area contributed by atoms with Crippen LogP contribution in [0.1, 0.15) is 62.0 Å². The lowest BCUT2D eigenvalue weighted by atomic mass is 9.75. The van der Waals surface area contributed by atoms with E-state index in [0.717, 1.165) is 37.0 Å². The minimum Gasteiger partial charge on any atom is -0.497 e. The number of methoxy groups -OCH3 is 2. The molecule has 0 heterocycles. The van der Waals surface area contributed by atoms with Crippen LogP contribution in [0.25, 0.3) is 0 Å². The van der Waals surface area contributed by atoms with Crippen LogP contribution >= 0.6 is 13.5 Å². The highest BCUT2D eigenvalue weighted by Gasteiger charge is 2.37. The van der Waals surface area contributed by atoms with Crippen molar-refractivity contribution in [2.75, 3.05) is 20.8 Å². The zero-order chi connectivity index (χ0) is 23.4.